The van der Waals surface area contributed by atoms with Crippen LogP contribution in [0.4, 0.5) is 0 Å². The zero-order valence-corrected chi connectivity index (χ0v) is 26.8. The minimum atomic E-state index is -0.752. The van der Waals surface area contributed by atoms with Crippen LogP contribution < -0.4 is 19.6 Å². The van der Waals surface area contributed by atoms with Crippen LogP contribution in [-0.4, -0.2) is 23.4 Å². The van der Waals surface area contributed by atoms with Gasteiger partial charge in [0.25, 0.3) is 5.56 Å². The number of thioether (sulfide) groups is 1. The molecule has 0 spiro atoms. The second-order valence-corrected chi connectivity index (χ2v) is 12.2. The van der Waals surface area contributed by atoms with Gasteiger partial charge in [-0.05, 0) is 49.1 Å². The van der Waals surface area contributed by atoms with Crippen molar-refractivity contribution in [2.75, 3.05) is 12.9 Å². The lowest BCUT2D eigenvalue weighted by molar-refractivity contribution is -0.138. The van der Waals surface area contributed by atoms with Gasteiger partial charge >= 0.3 is 5.97 Å². The maximum Gasteiger partial charge on any atom is 0.338 e. The van der Waals surface area contributed by atoms with Crippen LogP contribution in [0.3, 0.4) is 0 Å². The second kappa shape index (κ2) is 13.9. The highest BCUT2D eigenvalue weighted by Crippen LogP contribution is 2.35. The quantitative estimate of drug-likeness (QED) is 0.142. The molecule has 6 rings (SSSR count). The van der Waals surface area contributed by atoms with Crippen molar-refractivity contribution in [1.29, 1.82) is 5.26 Å². The van der Waals surface area contributed by atoms with Crippen LogP contribution in [-0.2, 0) is 16.1 Å². The number of para-hydroxylation sites is 1. The van der Waals surface area contributed by atoms with Crippen molar-refractivity contribution in [2.45, 2.75) is 24.5 Å². The van der Waals surface area contributed by atoms with Crippen LogP contribution in [0.25, 0.3) is 11.8 Å². The smallest absolute Gasteiger partial charge is 0.338 e. The summed E-state index contributed by atoms with van der Waals surface area (Å²) in [7, 11) is 0. The summed E-state index contributed by atoms with van der Waals surface area (Å²) in [5, 5.41) is 9.49. The molecule has 0 bridgehead atoms. The molecule has 7 nitrogen and oxygen atoms in total. The molecule has 0 aliphatic carbocycles. The molecule has 0 N–H and O–H groups in total. The van der Waals surface area contributed by atoms with Crippen LogP contribution in [0, 0.1) is 11.3 Å². The number of thiazole rings is 1. The molecular weight excluding hydrogens is 615 g/mol. The van der Waals surface area contributed by atoms with Crippen molar-refractivity contribution < 1.29 is 14.3 Å². The summed E-state index contributed by atoms with van der Waals surface area (Å²) in [6, 6.07) is 33.6. The van der Waals surface area contributed by atoms with E-state index < -0.39 is 12.0 Å². The number of rotatable bonds is 9. The van der Waals surface area contributed by atoms with Gasteiger partial charge in [-0.15, -0.1) is 11.8 Å². The van der Waals surface area contributed by atoms with Crippen molar-refractivity contribution in [1.82, 2.24) is 4.57 Å². The van der Waals surface area contributed by atoms with Crippen molar-refractivity contribution in [3.8, 4) is 11.8 Å². The summed E-state index contributed by atoms with van der Waals surface area (Å²) < 4.78 is 13.8. The van der Waals surface area contributed by atoms with E-state index in [1.165, 1.54) is 11.3 Å². The third-order valence-electron chi connectivity index (χ3n) is 7.53. The zero-order valence-electron chi connectivity index (χ0n) is 25.2. The molecule has 0 radical (unpaired) electrons. The number of aromatic nitrogens is 1. The van der Waals surface area contributed by atoms with Crippen LogP contribution in [0.5, 0.6) is 5.75 Å². The van der Waals surface area contributed by atoms with E-state index in [4.69, 9.17) is 14.5 Å². The van der Waals surface area contributed by atoms with Gasteiger partial charge in [-0.25, -0.2) is 9.79 Å². The topological polar surface area (TPSA) is 93.7 Å². The van der Waals surface area contributed by atoms with Crippen LogP contribution in [0.15, 0.2) is 123 Å². The fourth-order valence-electron chi connectivity index (χ4n) is 5.33. The second-order valence-electron chi connectivity index (χ2n) is 10.3. The molecule has 228 valence electrons. The highest BCUT2D eigenvalue weighted by atomic mass is 32.2. The molecule has 0 unspecified atom stereocenters. The highest BCUT2D eigenvalue weighted by molar-refractivity contribution is 7.98. The Morgan fingerprint density at radius 1 is 1.00 bits per heavy atom. The minimum Gasteiger partial charge on any atom is -0.488 e. The largest absolute Gasteiger partial charge is 0.488 e. The summed E-state index contributed by atoms with van der Waals surface area (Å²) in [5.74, 6) is 0.0530. The van der Waals surface area contributed by atoms with Gasteiger partial charge in [-0.2, -0.15) is 5.26 Å². The minimum absolute atomic E-state index is 0.183. The lowest BCUT2D eigenvalue weighted by Gasteiger charge is -2.26. The predicted molar refractivity (Wildman–Crippen MR) is 181 cm³/mol. The Hall–Kier alpha value is -5.17. The molecule has 5 aromatic rings. The summed E-state index contributed by atoms with van der Waals surface area (Å²) in [5.41, 5.74) is 4.06. The van der Waals surface area contributed by atoms with Gasteiger partial charge in [0, 0.05) is 21.6 Å². The van der Waals surface area contributed by atoms with E-state index in [9.17, 15) is 14.9 Å². The van der Waals surface area contributed by atoms with Crippen LogP contribution in [0.1, 0.15) is 40.8 Å². The summed E-state index contributed by atoms with van der Waals surface area (Å²) in [6.45, 7) is 2.14. The Bertz CT molecular complexity index is 2160. The number of fused-ring (bicyclic) bond motifs is 1. The Morgan fingerprint density at radius 3 is 2.46 bits per heavy atom. The van der Waals surface area contributed by atoms with Crippen molar-refractivity contribution in [2.24, 2.45) is 4.99 Å². The number of esters is 1. The van der Waals surface area contributed by atoms with E-state index in [1.807, 2.05) is 103 Å². The number of nitrogens with zero attached hydrogens (tertiary/aromatic N) is 3. The van der Waals surface area contributed by atoms with Gasteiger partial charge in [0.05, 0.1) is 40.1 Å². The lowest BCUT2D eigenvalue weighted by Crippen LogP contribution is -2.40. The number of ether oxygens (including phenoxy) is 2. The van der Waals surface area contributed by atoms with Gasteiger partial charge in [0.2, 0.25) is 0 Å². The van der Waals surface area contributed by atoms with Crippen LogP contribution in [0.2, 0.25) is 0 Å². The van der Waals surface area contributed by atoms with E-state index in [2.05, 4.69) is 6.07 Å². The standard InChI is InChI=1S/C37H29N3O4S2/c1-3-43-36(42)32-33(24-11-5-4-6-12-24)39-37-40(34(32)25-17-19-29(45-2)20-18-25)35(41)31(46-37)21-26-13-9-10-16-30(26)44-23-28-15-8-7-14-27(28)22-38/h4-21,34H,3,23H2,1-2H3/b31-21-/t34-/m1/s1. The Balaban J connectivity index is 1.52. The first-order valence-electron chi connectivity index (χ1n) is 14.6. The molecule has 9 heteroatoms. The fourth-order valence-corrected chi connectivity index (χ4v) is 6.73. The van der Waals surface area contributed by atoms with Gasteiger partial charge in [0.1, 0.15) is 12.4 Å². The monoisotopic (exact) mass is 643 g/mol. The number of nitriles is 1. The van der Waals surface area contributed by atoms with Gasteiger partial charge < -0.3 is 9.47 Å². The number of carbonyl (C=O) groups is 1. The molecule has 4 aromatic carbocycles. The molecule has 2 heterocycles. The Morgan fingerprint density at radius 2 is 1.72 bits per heavy atom. The zero-order chi connectivity index (χ0) is 32.0. The van der Waals surface area contributed by atoms with E-state index in [1.54, 1.807) is 35.4 Å². The summed E-state index contributed by atoms with van der Waals surface area (Å²) in [6.07, 6.45) is 3.79. The van der Waals surface area contributed by atoms with Gasteiger partial charge in [-0.1, -0.05) is 90.2 Å². The molecule has 0 saturated heterocycles. The van der Waals surface area contributed by atoms with Crippen molar-refractivity contribution in [3.05, 3.63) is 156 Å². The van der Waals surface area contributed by atoms with E-state index in [0.717, 1.165) is 21.6 Å². The number of benzene rings is 4. The third kappa shape index (κ3) is 6.18. The average molecular weight is 644 g/mol. The van der Waals surface area contributed by atoms with Gasteiger partial charge in [0.15, 0.2) is 4.80 Å². The summed E-state index contributed by atoms with van der Waals surface area (Å²) in [4.78, 5) is 34.4. The molecule has 1 aliphatic rings. The molecule has 0 saturated carbocycles. The first-order chi connectivity index (χ1) is 22.5. The fraction of sp³-hybridized carbons (Fsp3) is 0.135. The molecule has 0 amide bonds. The molecule has 1 aromatic heterocycles. The van der Waals surface area contributed by atoms with E-state index >= 15 is 0 Å². The number of carbonyl (C=O) groups excluding carboxylic acids is 1. The molecular formula is C37H29N3O4S2. The van der Waals surface area contributed by atoms with Gasteiger partial charge in [-0.3, -0.25) is 9.36 Å². The average Bonchev–Trinajstić information content (AvgIpc) is 3.41. The predicted octanol–water partition coefficient (Wildman–Crippen LogP) is 6.11. The molecule has 0 fully saturated rings. The van der Waals surface area contributed by atoms with Crippen molar-refractivity contribution in [3.63, 3.8) is 0 Å². The van der Waals surface area contributed by atoms with E-state index in [-0.39, 0.29) is 18.8 Å². The molecule has 1 aliphatic heterocycles. The Labute approximate surface area is 274 Å². The first kappa shape index (κ1) is 30.8. The van der Waals surface area contributed by atoms with E-state index in [0.29, 0.717) is 37.5 Å². The molecule has 1 atom stereocenters. The van der Waals surface area contributed by atoms with Crippen molar-refractivity contribution >= 4 is 40.8 Å². The maximum atomic E-state index is 14.3. The third-order valence-corrected chi connectivity index (χ3v) is 9.26. The number of hydrogen-bond acceptors (Lipinski definition) is 8. The Kier molecular flexibility index (Phi) is 9.29. The van der Waals surface area contributed by atoms with Crippen LogP contribution >= 0.6 is 23.1 Å². The number of hydrogen-bond donors (Lipinski definition) is 0. The lowest BCUT2D eigenvalue weighted by atomic mass is 9.93. The maximum absolute atomic E-state index is 14.3. The summed E-state index contributed by atoms with van der Waals surface area (Å²) >= 11 is 2.87. The highest BCUT2D eigenvalue weighted by Gasteiger charge is 2.35. The normalized spacial score (nSPS) is 14.3. The first-order valence-corrected chi connectivity index (χ1v) is 16.7. The SMILES string of the molecule is CCOC(=O)C1=C(c2ccccc2)N=c2s/c(=C\c3ccccc3OCc3ccccc3C#N)c(=O)n2[C@@H]1c1ccc(SC)cc1. The molecule has 46 heavy (non-hydrogen) atoms.